The van der Waals surface area contributed by atoms with Crippen LogP contribution in [0.25, 0.3) is 0 Å². The van der Waals surface area contributed by atoms with Crippen LogP contribution in [0.1, 0.15) is 85.0 Å². The number of carboxylic acids is 1. The van der Waals surface area contributed by atoms with Crippen LogP contribution in [0.2, 0.25) is 0 Å². The number of fused-ring (bicyclic) bond motifs is 5. The third kappa shape index (κ3) is 3.14. The molecule has 4 heteroatoms. The topological polar surface area (TPSA) is 77.8 Å². The van der Waals surface area contributed by atoms with Crippen molar-refractivity contribution in [1.29, 1.82) is 0 Å². The van der Waals surface area contributed by atoms with E-state index >= 15 is 0 Å². The Morgan fingerprint density at radius 1 is 1.00 bits per heavy atom. The lowest BCUT2D eigenvalue weighted by Crippen LogP contribution is -2.58. The van der Waals surface area contributed by atoms with Gasteiger partial charge in [-0.15, -0.1) is 0 Å². The van der Waals surface area contributed by atoms with Crippen molar-refractivity contribution in [2.24, 2.45) is 46.3 Å². The summed E-state index contributed by atoms with van der Waals surface area (Å²) in [5, 5.41) is 30.5. The van der Waals surface area contributed by atoms with Crippen molar-refractivity contribution in [3.05, 3.63) is 0 Å². The smallest absolute Gasteiger partial charge is 0.303 e. The van der Waals surface area contributed by atoms with Gasteiger partial charge in [0, 0.05) is 6.42 Å². The summed E-state index contributed by atoms with van der Waals surface area (Å²) in [5.41, 5.74) is 0.523. The molecule has 3 N–H and O–H groups in total. The average Bonchev–Trinajstić information content (AvgIpc) is 2.98. The van der Waals surface area contributed by atoms with Gasteiger partial charge in [-0.3, -0.25) is 4.79 Å². The van der Waals surface area contributed by atoms with Gasteiger partial charge in [-0.25, -0.2) is 0 Å². The van der Waals surface area contributed by atoms with Crippen molar-refractivity contribution in [3.8, 4) is 0 Å². The third-order valence-electron chi connectivity index (χ3n) is 10.2. The molecule has 0 amide bonds. The highest BCUT2D eigenvalue weighted by Crippen LogP contribution is 2.68. The first-order valence-electron chi connectivity index (χ1n) is 11.7. The van der Waals surface area contributed by atoms with E-state index in [2.05, 4.69) is 20.8 Å². The van der Waals surface area contributed by atoms with E-state index in [0.29, 0.717) is 35.5 Å². The minimum Gasteiger partial charge on any atom is -0.481 e. The summed E-state index contributed by atoms with van der Waals surface area (Å²) < 4.78 is 0. The molecule has 160 valence electrons. The standard InChI is InChI=1S/C24H40O4/c1-14(4-7-21(27)28)17-5-6-18-22-19(9-11-24(17,18)3)23(2)10-8-16(25)12-15(23)13-20(22)26/h14-20,22,25-26H,4-13H2,1-3H3,(H,27,28)/t14?,15?,16-,17?,18?,19?,20?,22?,23+,24-/m1/s1. The average molecular weight is 393 g/mol. The lowest BCUT2D eigenvalue weighted by atomic mass is 9.43. The van der Waals surface area contributed by atoms with E-state index in [0.717, 1.165) is 32.1 Å². The van der Waals surface area contributed by atoms with Gasteiger partial charge in [0.05, 0.1) is 12.2 Å². The van der Waals surface area contributed by atoms with E-state index in [9.17, 15) is 15.0 Å². The van der Waals surface area contributed by atoms with Crippen LogP contribution in [0.15, 0.2) is 0 Å². The Kier molecular flexibility index (Phi) is 5.36. The van der Waals surface area contributed by atoms with Gasteiger partial charge in [0.25, 0.3) is 0 Å². The number of carbonyl (C=O) groups is 1. The zero-order chi connectivity index (χ0) is 20.3. The lowest BCUT2D eigenvalue weighted by molar-refractivity contribution is -0.174. The molecule has 10 atom stereocenters. The Balaban J connectivity index is 1.55. The van der Waals surface area contributed by atoms with E-state index in [4.69, 9.17) is 5.11 Å². The number of carboxylic acid groups (broad SMARTS) is 1. The Labute approximate surface area is 170 Å². The molecule has 28 heavy (non-hydrogen) atoms. The van der Waals surface area contributed by atoms with E-state index < -0.39 is 5.97 Å². The number of aliphatic hydroxyl groups is 2. The first-order valence-corrected chi connectivity index (χ1v) is 11.7. The molecule has 4 nitrogen and oxygen atoms in total. The molecule has 0 aromatic rings. The van der Waals surface area contributed by atoms with Crippen LogP contribution in [0.5, 0.6) is 0 Å². The number of rotatable bonds is 4. The highest BCUT2D eigenvalue weighted by Gasteiger charge is 2.62. The highest BCUT2D eigenvalue weighted by molar-refractivity contribution is 5.66. The molecule has 7 unspecified atom stereocenters. The Morgan fingerprint density at radius 2 is 1.68 bits per heavy atom. The molecule has 0 saturated heterocycles. The fourth-order valence-electron chi connectivity index (χ4n) is 8.73. The predicted molar refractivity (Wildman–Crippen MR) is 109 cm³/mol. The van der Waals surface area contributed by atoms with Crippen LogP contribution >= 0.6 is 0 Å². The number of aliphatic carboxylic acids is 1. The molecule has 4 aliphatic carbocycles. The van der Waals surface area contributed by atoms with Crippen LogP contribution < -0.4 is 0 Å². The van der Waals surface area contributed by atoms with Gasteiger partial charge in [0.2, 0.25) is 0 Å². The summed E-state index contributed by atoms with van der Waals surface area (Å²) in [4.78, 5) is 11.1. The highest BCUT2D eigenvalue weighted by atomic mass is 16.4. The van der Waals surface area contributed by atoms with Crippen molar-refractivity contribution >= 4 is 5.97 Å². The first-order chi connectivity index (χ1) is 13.2. The van der Waals surface area contributed by atoms with Crippen molar-refractivity contribution < 1.29 is 20.1 Å². The normalized spacial score (nSPS) is 51.7. The van der Waals surface area contributed by atoms with E-state index in [1.807, 2.05) is 0 Å². The zero-order valence-electron chi connectivity index (χ0n) is 17.9. The molecule has 0 heterocycles. The summed E-state index contributed by atoms with van der Waals surface area (Å²) >= 11 is 0. The molecule has 4 rings (SSSR count). The monoisotopic (exact) mass is 392 g/mol. The molecule has 0 radical (unpaired) electrons. The second kappa shape index (κ2) is 7.27. The Morgan fingerprint density at radius 3 is 2.39 bits per heavy atom. The molecule has 0 bridgehead atoms. The number of hydrogen-bond acceptors (Lipinski definition) is 3. The lowest BCUT2D eigenvalue weighted by Gasteiger charge is -2.62. The summed E-state index contributed by atoms with van der Waals surface area (Å²) in [6.07, 6.45) is 9.19. The molecule has 0 spiro atoms. The molecule has 0 aromatic heterocycles. The van der Waals surface area contributed by atoms with Crippen molar-refractivity contribution in [1.82, 2.24) is 0 Å². The van der Waals surface area contributed by atoms with Crippen LogP contribution in [0.4, 0.5) is 0 Å². The maximum absolute atomic E-state index is 11.2. The quantitative estimate of drug-likeness (QED) is 0.659. The molecule has 0 aromatic carbocycles. The van der Waals surface area contributed by atoms with Gasteiger partial charge in [-0.1, -0.05) is 20.8 Å². The molecule has 4 aliphatic rings. The van der Waals surface area contributed by atoms with Gasteiger partial charge in [0.15, 0.2) is 0 Å². The SMILES string of the molecule is CC(CCC(=O)O)C1CCC2C3C(O)CC4C[C@H](O)CC[C@]4(C)C3CC[C@]12C. The predicted octanol–water partition coefficient (Wildman–Crippen LogP) is 4.48. The second-order valence-corrected chi connectivity index (χ2v) is 11.4. The fourth-order valence-corrected chi connectivity index (χ4v) is 8.73. The van der Waals surface area contributed by atoms with Crippen LogP contribution in [0.3, 0.4) is 0 Å². The van der Waals surface area contributed by atoms with Gasteiger partial charge in [0.1, 0.15) is 0 Å². The first kappa shape index (κ1) is 20.7. The minimum absolute atomic E-state index is 0.179. The molecule has 4 saturated carbocycles. The fraction of sp³-hybridized carbons (Fsp3) is 0.958. The van der Waals surface area contributed by atoms with Crippen molar-refractivity contribution in [2.45, 2.75) is 97.2 Å². The van der Waals surface area contributed by atoms with Gasteiger partial charge in [-0.05, 0) is 104 Å². The Bertz CT molecular complexity index is 605. The largest absolute Gasteiger partial charge is 0.481 e. The molecular formula is C24H40O4. The number of hydrogen-bond donors (Lipinski definition) is 3. The molecule has 4 fully saturated rings. The second-order valence-electron chi connectivity index (χ2n) is 11.4. The maximum atomic E-state index is 11.2. The minimum atomic E-state index is -0.684. The van der Waals surface area contributed by atoms with E-state index in [-0.39, 0.29) is 29.5 Å². The van der Waals surface area contributed by atoms with Gasteiger partial charge in [-0.2, -0.15) is 0 Å². The van der Waals surface area contributed by atoms with Crippen LogP contribution in [-0.2, 0) is 4.79 Å². The van der Waals surface area contributed by atoms with E-state index in [1.54, 1.807) is 0 Å². The van der Waals surface area contributed by atoms with Crippen molar-refractivity contribution in [3.63, 3.8) is 0 Å². The molecule has 0 aliphatic heterocycles. The van der Waals surface area contributed by atoms with Gasteiger partial charge >= 0.3 is 5.97 Å². The van der Waals surface area contributed by atoms with E-state index in [1.165, 1.54) is 25.7 Å². The summed E-state index contributed by atoms with van der Waals surface area (Å²) in [7, 11) is 0. The summed E-state index contributed by atoms with van der Waals surface area (Å²) in [6, 6.07) is 0. The number of aliphatic hydroxyl groups excluding tert-OH is 2. The van der Waals surface area contributed by atoms with Gasteiger partial charge < -0.3 is 15.3 Å². The third-order valence-corrected chi connectivity index (χ3v) is 10.2. The molecular weight excluding hydrogens is 352 g/mol. The van der Waals surface area contributed by atoms with Crippen molar-refractivity contribution in [2.75, 3.05) is 0 Å². The summed E-state index contributed by atoms with van der Waals surface area (Å²) in [6.45, 7) is 7.16. The van der Waals surface area contributed by atoms with Crippen LogP contribution in [-0.4, -0.2) is 33.5 Å². The maximum Gasteiger partial charge on any atom is 0.303 e. The van der Waals surface area contributed by atoms with Crippen LogP contribution in [0, 0.1) is 46.3 Å². The summed E-state index contributed by atoms with van der Waals surface area (Å²) in [5.74, 6) is 2.36. The Hall–Kier alpha value is -0.610. The zero-order valence-corrected chi connectivity index (χ0v) is 17.9.